The third kappa shape index (κ3) is 2.87. The molecule has 3 heteroatoms. The van der Waals surface area contributed by atoms with E-state index < -0.39 is 6.10 Å². The maximum absolute atomic E-state index is 9.71. The van der Waals surface area contributed by atoms with Crippen molar-refractivity contribution in [2.45, 2.75) is 12.5 Å². The minimum Gasteiger partial charge on any atom is -0.493 e. The molecule has 1 aromatic carbocycles. The summed E-state index contributed by atoms with van der Waals surface area (Å²) in [7, 11) is 0. The molecule has 0 aliphatic carbocycles. The third-order valence-electron chi connectivity index (χ3n) is 2.27. The first-order chi connectivity index (χ1) is 7.86. The zero-order chi connectivity index (χ0) is 11.2. The Morgan fingerprint density at radius 2 is 1.94 bits per heavy atom. The van der Waals surface area contributed by atoms with Crippen molar-refractivity contribution in [1.29, 1.82) is 0 Å². The summed E-state index contributed by atoms with van der Waals surface area (Å²) in [5, 5.41) is 9.71. The summed E-state index contributed by atoms with van der Waals surface area (Å²) in [6.07, 6.45) is 1.47. The number of rotatable bonds is 5. The van der Waals surface area contributed by atoms with Crippen LogP contribution in [0.3, 0.4) is 0 Å². The van der Waals surface area contributed by atoms with Crippen LogP contribution < -0.4 is 4.74 Å². The van der Waals surface area contributed by atoms with Gasteiger partial charge in [-0.2, -0.15) is 0 Å². The van der Waals surface area contributed by atoms with Crippen LogP contribution in [0, 0.1) is 0 Å². The van der Waals surface area contributed by atoms with Gasteiger partial charge >= 0.3 is 0 Å². The summed E-state index contributed by atoms with van der Waals surface area (Å²) >= 11 is 0. The Kier molecular flexibility index (Phi) is 3.62. The monoisotopic (exact) mass is 218 g/mol. The van der Waals surface area contributed by atoms with Gasteiger partial charge in [-0.05, 0) is 24.3 Å². The van der Waals surface area contributed by atoms with Crippen molar-refractivity contribution in [1.82, 2.24) is 0 Å². The van der Waals surface area contributed by atoms with Gasteiger partial charge in [0.15, 0.2) is 0 Å². The maximum Gasteiger partial charge on any atom is 0.132 e. The minimum absolute atomic E-state index is 0.464. The average Bonchev–Trinajstić information content (AvgIpc) is 2.84. The van der Waals surface area contributed by atoms with Crippen LogP contribution in [-0.2, 0) is 0 Å². The standard InChI is InChI=1S/C13H14O3/c14-12(13-7-4-9-16-13)8-10-15-11-5-2-1-3-6-11/h1-7,9,12,14H,8,10H2. The van der Waals surface area contributed by atoms with Gasteiger partial charge in [0.1, 0.15) is 17.6 Å². The topological polar surface area (TPSA) is 42.6 Å². The van der Waals surface area contributed by atoms with Crippen molar-refractivity contribution in [3.63, 3.8) is 0 Å². The summed E-state index contributed by atoms with van der Waals surface area (Å²) in [6, 6.07) is 13.1. The van der Waals surface area contributed by atoms with E-state index >= 15 is 0 Å². The lowest BCUT2D eigenvalue weighted by molar-refractivity contribution is 0.118. The van der Waals surface area contributed by atoms with E-state index in [9.17, 15) is 5.11 Å². The molecule has 84 valence electrons. The Morgan fingerprint density at radius 3 is 2.62 bits per heavy atom. The van der Waals surface area contributed by atoms with E-state index in [2.05, 4.69) is 0 Å². The number of hydrogen-bond acceptors (Lipinski definition) is 3. The van der Waals surface area contributed by atoms with Crippen LogP contribution in [0.5, 0.6) is 5.75 Å². The van der Waals surface area contributed by atoms with Crippen LogP contribution in [0.2, 0.25) is 0 Å². The van der Waals surface area contributed by atoms with Crippen molar-refractivity contribution in [3.8, 4) is 5.75 Å². The van der Waals surface area contributed by atoms with Crippen molar-refractivity contribution in [2.24, 2.45) is 0 Å². The molecule has 2 aromatic rings. The quantitative estimate of drug-likeness (QED) is 0.839. The smallest absolute Gasteiger partial charge is 0.132 e. The van der Waals surface area contributed by atoms with Crippen molar-refractivity contribution >= 4 is 0 Å². The van der Waals surface area contributed by atoms with E-state index in [1.165, 1.54) is 0 Å². The molecule has 0 aliphatic heterocycles. The second kappa shape index (κ2) is 5.37. The Balaban J connectivity index is 1.76. The molecule has 0 saturated carbocycles. The largest absolute Gasteiger partial charge is 0.493 e. The second-order valence-electron chi connectivity index (χ2n) is 3.48. The highest BCUT2D eigenvalue weighted by Gasteiger charge is 2.09. The molecular weight excluding hydrogens is 204 g/mol. The molecule has 0 aliphatic rings. The van der Waals surface area contributed by atoms with Crippen LogP contribution >= 0.6 is 0 Å². The number of ether oxygens (including phenoxy) is 1. The van der Waals surface area contributed by atoms with Crippen LogP contribution in [0.15, 0.2) is 53.1 Å². The molecule has 0 fully saturated rings. The van der Waals surface area contributed by atoms with Gasteiger partial charge < -0.3 is 14.3 Å². The molecule has 0 amide bonds. The van der Waals surface area contributed by atoms with Gasteiger partial charge in [-0.3, -0.25) is 0 Å². The predicted octanol–water partition coefficient (Wildman–Crippen LogP) is 2.78. The Bertz CT molecular complexity index is 394. The number of aliphatic hydroxyl groups is 1. The van der Waals surface area contributed by atoms with Crippen molar-refractivity contribution < 1.29 is 14.3 Å². The van der Waals surface area contributed by atoms with E-state index in [0.29, 0.717) is 18.8 Å². The average molecular weight is 218 g/mol. The van der Waals surface area contributed by atoms with Gasteiger partial charge in [0.25, 0.3) is 0 Å². The van der Waals surface area contributed by atoms with Gasteiger partial charge in [-0.1, -0.05) is 18.2 Å². The molecule has 3 nitrogen and oxygen atoms in total. The van der Waals surface area contributed by atoms with E-state index in [0.717, 1.165) is 5.75 Å². The molecule has 0 spiro atoms. The van der Waals surface area contributed by atoms with Gasteiger partial charge in [0.05, 0.1) is 12.9 Å². The fraction of sp³-hybridized carbons (Fsp3) is 0.231. The molecule has 1 aromatic heterocycles. The molecule has 0 saturated heterocycles. The number of hydrogen-bond donors (Lipinski definition) is 1. The van der Waals surface area contributed by atoms with Gasteiger partial charge in [0, 0.05) is 6.42 Å². The fourth-order valence-electron chi connectivity index (χ4n) is 1.43. The van der Waals surface area contributed by atoms with Crippen LogP contribution in [0.4, 0.5) is 0 Å². The summed E-state index contributed by atoms with van der Waals surface area (Å²) in [6.45, 7) is 0.464. The summed E-state index contributed by atoms with van der Waals surface area (Å²) in [4.78, 5) is 0. The SMILES string of the molecule is OC(CCOc1ccccc1)c1ccco1. The highest BCUT2D eigenvalue weighted by molar-refractivity contribution is 5.20. The number of furan rings is 1. The van der Waals surface area contributed by atoms with E-state index in [1.807, 2.05) is 30.3 Å². The van der Waals surface area contributed by atoms with Crippen molar-refractivity contribution in [2.75, 3.05) is 6.61 Å². The normalized spacial score (nSPS) is 12.3. The fourth-order valence-corrected chi connectivity index (χ4v) is 1.43. The van der Waals surface area contributed by atoms with Crippen LogP contribution in [0.25, 0.3) is 0 Å². The Hall–Kier alpha value is -1.74. The zero-order valence-corrected chi connectivity index (χ0v) is 8.87. The van der Waals surface area contributed by atoms with Gasteiger partial charge in [-0.25, -0.2) is 0 Å². The lowest BCUT2D eigenvalue weighted by atomic mass is 10.2. The minimum atomic E-state index is -0.598. The molecule has 1 atom stereocenters. The summed E-state index contributed by atoms with van der Waals surface area (Å²) in [5.74, 6) is 1.39. The van der Waals surface area contributed by atoms with E-state index in [4.69, 9.17) is 9.15 Å². The molecule has 2 rings (SSSR count). The molecule has 1 unspecified atom stereocenters. The highest BCUT2D eigenvalue weighted by Crippen LogP contribution is 2.17. The van der Waals surface area contributed by atoms with E-state index in [-0.39, 0.29) is 0 Å². The van der Waals surface area contributed by atoms with Gasteiger partial charge in [0.2, 0.25) is 0 Å². The third-order valence-corrected chi connectivity index (χ3v) is 2.27. The molecule has 1 N–H and O–H groups in total. The van der Waals surface area contributed by atoms with Crippen LogP contribution in [0.1, 0.15) is 18.3 Å². The maximum atomic E-state index is 9.71. The summed E-state index contributed by atoms with van der Waals surface area (Å²) in [5.41, 5.74) is 0. The number of benzene rings is 1. The first-order valence-electron chi connectivity index (χ1n) is 5.25. The van der Waals surface area contributed by atoms with Crippen LogP contribution in [-0.4, -0.2) is 11.7 Å². The first-order valence-corrected chi connectivity index (χ1v) is 5.25. The first kappa shape index (κ1) is 10.8. The molecular formula is C13H14O3. The molecule has 0 radical (unpaired) electrons. The molecule has 16 heavy (non-hydrogen) atoms. The highest BCUT2D eigenvalue weighted by atomic mass is 16.5. The number of aliphatic hydroxyl groups excluding tert-OH is 1. The zero-order valence-electron chi connectivity index (χ0n) is 8.87. The lowest BCUT2D eigenvalue weighted by Gasteiger charge is -2.09. The second-order valence-corrected chi connectivity index (χ2v) is 3.48. The molecule has 0 bridgehead atoms. The lowest BCUT2D eigenvalue weighted by Crippen LogP contribution is -2.04. The molecule has 1 heterocycles. The summed E-state index contributed by atoms with van der Waals surface area (Å²) < 4.78 is 10.6. The van der Waals surface area contributed by atoms with E-state index in [1.54, 1.807) is 18.4 Å². The number of para-hydroxylation sites is 1. The Labute approximate surface area is 94.3 Å². The van der Waals surface area contributed by atoms with Gasteiger partial charge in [-0.15, -0.1) is 0 Å². The predicted molar refractivity (Wildman–Crippen MR) is 60.2 cm³/mol. The Morgan fingerprint density at radius 1 is 1.12 bits per heavy atom. The van der Waals surface area contributed by atoms with Crippen molar-refractivity contribution in [3.05, 3.63) is 54.5 Å².